The Hall–Kier alpha value is -2.16. The molecule has 3 heteroatoms. The Morgan fingerprint density at radius 2 is 1.50 bits per heavy atom. The third kappa shape index (κ3) is 2.25. The topological polar surface area (TPSA) is 61.3 Å². The molecule has 4 N–H and O–H groups in total. The summed E-state index contributed by atoms with van der Waals surface area (Å²) in [6, 6.07) is 12.9. The normalized spacial score (nSPS) is 10.1. The molecule has 0 aliphatic rings. The van der Waals surface area contributed by atoms with Gasteiger partial charge in [0, 0.05) is 11.4 Å². The van der Waals surface area contributed by atoms with Crippen LogP contribution in [0.5, 0.6) is 11.5 Å². The Bertz CT molecular complexity index is 492. The van der Waals surface area contributed by atoms with Crippen LogP contribution in [0.15, 0.2) is 42.5 Å². The van der Waals surface area contributed by atoms with Crippen molar-refractivity contribution in [1.29, 1.82) is 0 Å². The Kier molecular flexibility index (Phi) is 2.68. The molecule has 0 heterocycles. The fraction of sp³-hybridized carbons (Fsp3) is 0.0769. The van der Waals surface area contributed by atoms with Gasteiger partial charge in [0.15, 0.2) is 0 Å². The van der Waals surface area contributed by atoms with Crippen LogP contribution >= 0.6 is 0 Å². The second-order valence-corrected chi connectivity index (χ2v) is 3.70. The van der Waals surface area contributed by atoms with Crippen LogP contribution in [0.2, 0.25) is 0 Å². The highest BCUT2D eigenvalue weighted by atomic mass is 16.5. The maximum absolute atomic E-state index is 5.71. The zero-order valence-electron chi connectivity index (χ0n) is 9.10. The molecule has 0 aromatic heterocycles. The first-order chi connectivity index (χ1) is 7.65. The average molecular weight is 214 g/mol. The first kappa shape index (κ1) is 10.4. The highest BCUT2D eigenvalue weighted by molar-refractivity contribution is 5.49. The first-order valence-corrected chi connectivity index (χ1v) is 5.04. The van der Waals surface area contributed by atoms with E-state index in [1.165, 1.54) is 0 Å². The molecule has 0 radical (unpaired) electrons. The first-order valence-electron chi connectivity index (χ1n) is 5.04. The van der Waals surface area contributed by atoms with Gasteiger partial charge < -0.3 is 16.2 Å². The van der Waals surface area contributed by atoms with Crippen molar-refractivity contribution < 1.29 is 4.74 Å². The summed E-state index contributed by atoms with van der Waals surface area (Å²) in [6.07, 6.45) is 0. The summed E-state index contributed by atoms with van der Waals surface area (Å²) in [4.78, 5) is 0. The van der Waals surface area contributed by atoms with Crippen LogP contribution in [0.3, 0.4) is 0 Å². The lowest BCUT2D eigenvalue weighted by Gasteiger charge is -2.09. The number of hydrogen-bond acceptors (Lipinski definition) is 3. The molecule has 0 amide bonds. The van der Waals surface area contributed by atoms with Gasteiger partial charge in [0.1, 0.15) is 11.5 Å². The van der Waals surface area contributed by atoms with Crippen LogP contribution in [-0.2, 0) is 0 Å². The molecular weight excluding hydrogens is 200 g/mol. The Labute approximate surface area is 94.6 Å². The average Bonchev–Trinajstić information content (AvgIpc) is 2.25. The van der Waals surface area contributed by atoms with E-state index in [0.29, 0.717) is 0 Å². The fourth-order valence-corrected chi connectivity index (χ4v) is 1.45. The molecule has 3 nitrogen and oxygen atoms in total. The van der Waals surface area contributed by atoms with E-state index in [4.69, 9.17) is 16.2 Å². The summed E-state index contributed by atoms with van der Waals surface area (Å²) >= 11 is 0. The molecule has 16 heavy (non-hydrogen) atoms. The standard InChI is InChI=1S/C13H14N2O/c1-9-8-11(15)4-7-13(9)16-12-5-2-10(14)3-6-12/h2-8H,14-15H2,1H3. The molecule has 2 aromatic carbocycles. The van der Waals surface area contributed by atoms with Crippen molar-refractivity contribution in [1.82, 2.24) is 0 Å². The lowest BCUT2D eigenvalue weighted by molar-refractivity contribution is 0.479. The van der Waals surface area contributed by atoms with Gasteiger partial charge in [0.2, 0.25) is 0 Å². The van der Waals surface area contributed by atoms with Crippen LogP contribution in [0.4, 0.5) is 11.4 Å². The molecule has 0 spiro atoms. The van der Waals surface area contributed by atoms with Crippen LogP contribution in [0.1, 0.15) is 5.56 Å². The van der Waals surface area contributed by atoms with E-state index in [0.717, 1.165) is 28.4 Å². The highest BCUT2D eigenvalue weighted by Gasteiger charge is 2.01. The van der Waals surface area contributed by atoms with Crippen molar-refractivity contribution in [3.63, 3.8) is 0 Å². The molecule has 2 rings (SSSR count). The summed E-state index contributed by atoms with van der Waals surface area (Å²) in [5.74, 6) is 1.57. The fourth-order valence-electron chi connectivity index (χ4n) is 1.45. The Morgan fingerprint density at radius 1 is 0.875 bits per heavy atom. The quantitative estimate of drug-likeness (QED) is 0.755. The monoisotopic (exact) mass is 214 g/mol. The van der Waals surface area contributed by atoms with E-state index >= 15 is 0 Å². The van der Waals surface area contributed by atoms with Crippen molar-refractivity contribution in [3.8, 4) is 11.5 Å². The molecule has 0 bridgehead atoms. The van der Waals surface area contributed by atoms with Gasteiger partial charge in [-0.2, -0.15) is 0 Å². The van der Waals surface area contributed by atoms with Gasteiger partial charge in [0.25, 0.3) is 0 Å². The Balaban J connectivity index is 2.23. The SMILES string of the molecule is Cc1cc(N)ccc1Oc1ccc(N)cc1. The third-order valence-electron chi connectivity index (χ3n) is 2.31. The zero-order chi connectivity index (χ0) is 11.5. The summed E-state index contributed by atoms with van der Waals surface area (Å²) in [7, 11) is 0. The molecule has 0 atom stereocenters. The highest BCUT2D eigenvalue weighted by Crippen LogP contribution is 2.26. The Morgan fingerprint density at radius 3 is 2.12 bits per heavy atom. The number of hydrogen-bond donors (Lipinski definition) is 2. The molecule has 82 valence electrons. The van der Waals surface area contributed by atoms with Crippen molar-refractivity contribution in [3.05, 3.63) is 48.0 Å². The molecule has 2 aromatic rings. The smallest absolute Gasteiger partial charge is 0.130 e. The van der Waals surface area contributed by atoms with Gasteiger partial charge in [-0.1, -0.05) is 0 Å². The zero-order valence-corrected chi connectivity index (χ0v) is 9.10. The molecule has 0 aliphatic heterocycles. The number of aryl methyl sites for hydroxylation is 1. The van der Waals surface area contributed by atoms with Crippen LogP contribution in [0, 0.1) is 6.92 Å². The lowest BCUT2D eigenvalue weighted by atomic mass is 10.2. The largest absolute Gasteiger partial charge is 0.457 e. The van der Waals surface area contributed by atoms with E-state index in [2.05, 4.69) is 0 Å². The number of benzene rings is 2. The number of rotatable bonds is 2. The minimum absolute atomic E-state index is 0.723. The predicted molar refractivity (Wildman–Crippen MR) is 66.5 cm³/mol. The number of nitrogen functional groups attached to an aromatic ring is 2. The molecule has 0 fully saturated rings. The minimum Gasteiger partial charge on any atom is -0.457 e. The number of ether oxygens (including phenoxy) is 1. The summed E-state index contributed by atoms with van der Waals surface area (Å²) in [6.45, 7) is 1.96. The summed E-state index contributed by atoms with van der Waals surface area (Å²) < 4.78 is 5.71. The van der Waals surface area contributed by atoms with Gasteiger partial charge >= 0.3 is 0 Å². The summed E-state index contributed by atoms with van der Waals surface area (Å²) in [5.41, 5.74) is 13.7. The van der Waals surface area contributed by atoms with Crippen LogP contribution in [0.25, 0.3) is 0 Å². The van der Waals surface area contributed by atoms with Gasteiger partial charge in [-0.15, -0.1) is 0 Å². The van der Waals surface area contributed by atoms with Gasteiger partial charge in [0.05, 0.1) is 0 Å². The maximum atomic E-state index is 5.71. The molecular formula is C13H14N2O. The molecule has 0 saturated carbocycles. The van der Waals surface area contributed by atoms with E-state index in [-0.39, 0.29) is 0 Å². The van der Waals surface area contributed by atoms with E-state index < -0.39 is 0 Å². The van der Waals surface area contributed by atoms with E-state index in [9.17, 15) is 0 Å². The molecule has 0 saturated heterocycles. The van der Waals surface area contributed by atoms with Crippen LogP contribution < -0.4 is 16.2 Å². The maximum Gasteiger partial charge on any atom is 0.130 e. The summed E-state index contributed by atoms with van der Waals surface area (Å²) in [5, 5.41) is 0. The number of nitrogens with two attached hydrogens (primary N) is 2. The molecule has 0 aliphatic carbocycles. The second-order valence-electron chi connectivity index (χ2n) is 3.70. The minimum atomic E-state index is 0.723. The van der Waals surface area contributed by atoms with Crippen molar-refractivity contribution in [2.45, 2.75) is 6.92 Å². The number of anilines is 2. The van der Waals surface area contributed by atoms with Crippen molar-refractivity contribution in [2.24, 2.45) is 0 Å². The van der Waals surface area contributed by atoms with E-state index in [1.54, 1.807) is 0 Å². The lowest BCUT2D eigenvalue weighted by Crippen LogP contribution is -1.91. The van der Waals surface area contributed by atoms with Crippen molar-refractivity contribution >= 4 is 11.4 Å². The second kappa shape index (κ2) is 4.14. The van der Waals surface area contributed by atoms with E-state index in [1.807, 2.05) is 49.4 Å². The van der Waals surface area contributed by atoms with Gasteiger partial charge in [-0.3, -0.25) is 0 Å². The molecule has 0 unspecified atom stereocenters. The third-order valence-corrected chi connectivity index (χ3v) is 2.31. The van der Waals surface area contributed by atoms with Gasteiger partial charge in [-0.05, 0) is 55.0 Å². The van der Waals surface area contributed by atoms with Gasteiger partial charge in [-0.25, -0.2) is 0 Å². The van der Waals surface area contributed by atoms with Crippen LogP contribution in [-0.4, -0.2) is 0 Å². The predicted octanol–water partition coefficient (Wildman–Crippen LogP) is 2.95. The van der Waals surface area contributed by atoms with Crippen molar-refractivity contribution in [2.75, 3.05) is 11.5 Å².